The first-order chi connectivity index (χ1) is 12.1. The molecule has 25 heavy (non-hydrogen) atoms. The van der Waals surface area contributed by atoms with Crippen LogP contribution in [-0.4, -0.2) is 21.3 Å². The van der Waals surface area contributed by atoms with Gasteiger partial charge in [0.25, 0.3) is 5.56 Å². The van der Waals surface area contributed by atoms with Gasteiger partial charge in [-0.25, -0.2) is 4.98 Å². The van der Waals surface area contributed by atoms with Crippen LogP contribution in [0.2, 0.25) is 0 Å². The molecular formula is C21H23N3O. The maximum atomic E-state index is 12.4. The summed E-state index contributed by atoms with van der Waals surface area (Å²) in [6.07, 6.45) is 5.30. The second-order valence-corrected chi connectivity index (χ2v) is 6.99. The Morgan fingerprint density at radius 3 is 2.96 bits per heavy atom. The lowest BCUT2D eigenvalue weighted by atomic mass is 9.87. The molecule has 0 amide bonds. The zero-order valence-corrected chi connectivity index (χ0v) is 14.8. The van der Waals surface area contributed by atoms with Crippen molar-refractivity contribution in [1.29, 1.82) is 0 Å². The Labute approximate surface area is 147 Å². The van der Waals surface area contributed by atoms with E-state index in [9.17, 15) is 4.79 Å². The number of hydrogen-bond donors (Lipinski definition) is 0. The van der Waals surface area contributed by atoms with E-state index in [2.05, 4.69) is 36.2 Å². The third-order valence-electron chi connectivity index (χ3n) is 5.22. The molecule has 0 N–H and O–H groups in total. The molecule has 0 spiro atoms. The van der Waals surface area contributed by atoms with Gasteiger partial charge in [-0.2, -0.15) is 0 Å². The molecule has 0 unspecified atom stereocenters. The van der Waals surface area contributed by atoms with Gasteiger partial charge in [0, 0.05) is 24.8 Å². The lowest BCUT2D eigenvalue weighted by Crippen LogP contribution is -2.28. The summed E-state index contributed by atoms with van der Waals surface area (Å²) in [6.45, 7) is 2.67. The topological polar surface area (TPSA) is 37.6 Å². The SMILES string of the molecule is Cc1cccn2c(=O)cc(CN(C)[C@@H]3CCCc4ccccc43)nc12. The molecule has 2 aromatic heterocycles. The molecule has 1 aliphatic rings. The molecule has 0 bridgehead atoms. The van der Waals surface area contributed by atoms with Crippen molar-refractivity contribution in [2.24, 2.45) is 0 Å². The first-order valence-electron chi connectivity index (χ1n) is 8.89. The maximum absolute atomic E-state index is 12.4. The Hall–Kier alpha value is -2.46. The highest BCUT2D eigenvalue weighted by Crippen LogP contribution is 2.33. The van der Waals surface area contributed by atoms with E-state index in [-0.39, 0.29) is 5.56 Å². The largest absolute Gasteiger partial charge is 0.294 e. The molecule has 0 fully saturated rings. The van der Waals surface area contributed by atoms with Gasteiger partial charge in [0.15, 0.2) is 0 Å². The molecule has 0 saturated carbocycles. The smallest absolute Gasteiger partial charge is 0.258 e. The monoisotopic (exact) mass is 333 g/mol. The first-order valence-corrected chi connectivity index (χ1v) is 8.89. The molecule has 1 aliphatic carbocycles. The van der Waals surface area contributed by atoms with Crippen molar-refractivity contribution in [3.05, 3.63) is 81.4 Å². The van der Waals surface area contributed by atoms with Crippen molar-refractivity contribution in [3.8, 4) is 0 Å². The summed E-state index contributed by atoms with van der Waals surface area (Å²) in [6, 6.07) is 14.6. The van der Waals surface area contributed by atoms with Crippen LogP contribution in [0.1, 0.15) is 41.3 Å². The minimum absolute atomic E-state index is 0.0128. The lowest BCUT2D eigenvalue weighted by Gasteiger charge is -2.33. The standard InChI is InChI=1S/C21H23N3O/c1-15-7-6-12-24-20(25)13-17(22-21(15)24)14-23(2)19-11-5-9-16-8-3-4-10-18(16)19/h3-4,6-8,10,12-13,19H,5,9,11,14H2,1-2H3/t19-/m1/s1. The van der Waals surface area contributed by atoms with Crippen molar-refractivity contribution in [3.63, 3.8) is 0 Å². The van der Waals surface area contributed by atoms with Crippen LogP contribution in [0, 0.1) is 6.92 Å². The van der Waals surface area contributed by atoms with Gasteiger partial charge >= 0.3 is 0 Å². The van der Waals surface area contributed by atoms with Crippen LogP contribution in [0.3, 0.4) is 0 Å². The Balaban J connectivity index is 1.66. The summed E-state index contributed by atoms with van der Waals surface area (Å²) in [5, 5.41) is 0. The zero-order chi connectivity index (χ0) is 17.4. The predicted octanol–water partition coefficient (Wildman–Crippen LogP) is 3.51. The minimum Gasteiger partial charge on any atom is -0.294 e. The van der Waals surface area contributed by atoms with Gasteiger partial charge in [-0.15, -0.1) is 0 Å². The average Bonchev–Trinajstić information content (AvgIpc) is 2.62. The molecule has 0 radical (unpaired) electrons. The molecular weight excluding hydrogens is 310 g/mol. The predicted molar refractivity (Wildman–Crippen MR) is 99.8 cm³/mol. The lowest BCUT2D eigenvalue weighted by molar-refractivity contribution is 0.211. The number of benzene rings is 1. The van der Waals surface area contributed by atoms with Crippen molar-refractivity contribution in [2.75, 3.05) is 7.05 Å². The van der Waals surface area contributed by atoms with Crippen molar-refractivity contribution in [1.82, 2.24) is 14.3 Å². The second-order valence-electron chi connectivity index (χ2n) is 6.99. The fourth-order valence-electron chi connectivity index (χ4n) is 3.94. The van der Waals surface area contributed by atoms with Crippen LogP contribution in [0.4, 0.5) is 0 Å². The molecule has 4 heteroatoms. The van der Waals surface area contributed by atoms with Gasteiger partial charge in [0.1, 0.15) is 5.65 Å². The summed E-state index contributed by atoms with van der Waals surface area (Å²) in [5.41, 5.74) is 5.47. The Bertz CT molecular complexity index is 976. The van der Waals surface area contributed by atoms with E-state index in [4.69, 9.17) is 4.98 Å². The number of rotatable bonds is 3. The quantitative estimate of drug-likeness (QED) is 0.736. The zero-order valence-electron chi connectivity index (χ0n) is 14.8. The molecule has 2 heterocycles. The maximum Gasteiger partial charge on any atom is 0.258 e. The molecule has 0 aliphatic heterocycles. The van der Waals surface area contributed by atoms with Crippen LogP contribution in [0.25, 0.3) is 5.65 Å². The third-order valence-corrected chi connectivity index (χ3v) is 5.22. The summed E-state index contributed by atoms with van der Waals surface area (Å²) < 4.78 is 1.62. The number of aryl methyl sites for hydroxylation is 2. The van der Waals surface area contributed by atoms with E-state index in [1.165, 1.54) is 17.5 Å². The number of pyridine rings is 1. The summed E-state index contributed by atoms with van der Waals surface area (Å²) in [7, 11) is 2.13. The highest BCUT2D eigenvalue weighted by Gasteiger charge is 2.23. The fourth-order valence-corrected chi connectivity index (χ4v) is 3.94. The Morgan fingerprint density at radius 1 is 1.24 bits per heavy atom. The molecule has 1 aromatic carbocycles. The van der Waals surface area contributed by atoms with Crippen LogP contribution >= 0.6 is 0 Å². The highest BCUT2D eigenvalue weighted by atomic mass is 16.1. The van der Waals surface area contributed by atoms with Gasteiger partial charge < -0.3 is 0 Å². The second kappa shape index (κ2) is 6.45. The average molecular weight is 333 g/mol. The fraction of sp³-hybridized carbons (Fsp3) is 0.333. The normalized spacial score (nSPS) is 17.0. The van der Waals surface area contributed by atoms with E-state index >= 15 is 0 Å². The van der Waals surface area contributed by atoms with Gasteiger partial charge in [0.05, 0.1) is 5.69 Å². The van der Waals surface area contributed by atoms with Gasteiger partial charge in [0.2, 0.25) is 0 Å². The van der Waals surface area contributed by atoms with Crippen molar-refractivity contribution in [2.45, 2.75) is 38.8 Å². The van der Waals surface area contributed by atoms with Crippen LogP contribution < -0.4 is 5.56 Å². The van der Waals surface area contributed by atoms with Crippen molar-refractivity contribution >= 4 is 5.65 Å². The number of nitrogens with zero attached hydrogens (tertiary/aromatic N) is 3. The number of aromatic nitrogens is 2. The van der Waals surface area contributed by atoms with Gasteiger partial charge in [-0.3, -0.25) is 14.1 Å². The highest BCUT2D eigenvalue weighted by molar-refractivity contribution is 5.46. The van der Waals surface area contributed by atoms with Crippen LogP contribution in [-0.2, 0) is 13.0 Å². The first kappa shape index (κ1) is 16.0. The molecule has 4 rings (SSSR count). The molecule has 3 aromatic rings. The van der Waals surface area contributed by atoms with E-state index in [0.29, 0.717) is 12.6 Å². The summed E-state index contributed by atoms with van der Waals surface area (Å²) in [4.78, 5) is 19.5. The van der Waals surface area contributed by atoms with Crippen LogP contribution in [0.5, 0.6) is 0 Å². The van der Waals surface area contributed by atoms with Gasteiger partial charge in [-0.1, -0.05) is 30.3 Å². The molecule has 0 saturated heterocycles. The summed E-state index contributed by atoms with van der Waals surface area (Å²) >= 11 is 0. The number of hydrogen-bond acceptors (Lipinski definition) is 3. The van der Waals surface area contributed by atoms with E-state index in [1.54, 1.807) is 16.7 Å². The minimum atomic E-state index is -0.0128. The Morgan fingerprint density at radius 2 is 2.08 bits per heavy atom. The van der Waals surface area contributed by atoms with E-state index < -0.39 is 0 Å². The number of fused-ring (bicyclic) bond motifs is 2. The van der Waals surface area contributed by atoms with E-state index in [1.807, 2.05) is 19.1 Å². The Kier molecular flexibility index (Phi) is 4.14. The molecule has 128 valence electrons. The van der Waals surface area contributed by atoms with Gasteiger partial charge in [-0.05, 0) is 56.0 Å². The molecule has 4 nitrogen and oxygen atoms in total. The van der Waals surface area contributed by atoms with Crippen LogP contribution in [0.15, 0.2) is 53.5 Å². The summed E-state index contributed by atoms with van der Waals surface area (Å²) in [5.74, 6) is 0. The molecule has 1 atom stereocenters. The van der Waals surface area contributed by atoms with E-state index in [0.717, 1.165) is 29.7 Å². The third kappa shape index (κ3) is 2.98. The van der Waals surface area contributed by atoms with Crippen molar-refractivity contribution < 1.29 is 0 Å².